The number of nitrogens with one attached hydrogen (secondary N) is 1. The Morgan fingerprint density at radius 1 is 1.50 bits per heavy atom. The highest BCUT2D eigenvalue weighted by molar-refractivity contribution is 5.93. The summed E-state index contributed by atoms with van der Waals surface area (Å²) in [5.74, 6) is -0.0681. The Hall–Kier alpha value is -1.29. The number of furan rings is 1. The van der Waals surface area contributed by atoms with Gasteiger partial charge in [-0.1, -0.05) is 6.92 Å². The number of ether oxygens (including phenoxy) is 1. The van der Waals surface area contributed by atoms with E-state index in [4.69, 9.17) is 9.15 Å². The molecule has 0 saturated carbocycles. The van der Waals surface area contributed by atoms with Crippen LogP contribution in [0.5, 0.6) is 0 Å². The van der Waals surface area contributed by atoms with E-state index in [1.54, 1.807) is 6.07 Å². The number of carbonyl (C=O) groups excluding carboxylic acids is 1. The SMILES string of the molecule is CC1(CNC(=O)c2ccoc2)CCOCC1. The maximum atomic E-state index is 11.7. The molecule has 2 rings (SSSR count). The maximum Gasteiger partial charge on any atom is 0.254 e. The lowest BCUT2D eigenvalue weighted by molar-refractivity contribution is 0.0238. The van der Waals surface area contributed by atoms with Crippen molar-refractivity contribution in [2.24, 2.45) is 5.41 Å². The highest BCUT2D eigenvalue weighted by Crippen LogP contribution is 2.28. The number of hydrogen-bond donors (Lipinski definition) is 1. The van der Waals surface area contributed by atoms with Crippen molar-refractivity contribution in [3.63, 3.8) is 0 Å². The van der Waals surface area contributed by atoms with Crippen LogP contribution in [0.4, 0.5) is 0 Å². The molecule has 0 atom stereocenters. The normalized spacial score (nSPS) is 19.3. The minimum absolute atomic E-state index is 0.0681. The number of hydrogen-bond acceptors (Lipinski definition) is 3. The molecule has 0 bridgehead atoms. The third kappa shape index (κ3) is 2.64. The number of rotatable bonds is 3. The third-order valence-electron chi connectivity index (χ3n) is 3.16. The topological polar surface area (TPSA) is 51.5 Å². The first-order valence-corrected chi connectivity index (χ1v) is 5.58. The largest absolute Gasteiger partial charge is 0.472 e. The van der Waals surface area contributed by atoms with Crippen molar-refractivity contribution in [2.45, 2.75) is 19.8 Å². The van der Waals surface area contributed by atoms with E-state index >= 15 is 0 Å². The van der Waals surface area contributed by atoms with Gasteiger partial charge in [0.1, 0.15) is 6.26 Å². The van der Waals surface area contributed by atoms with Gasteiger partial charge >= 0.3 is 0 Å². The van der Waals surface area contributed by atoms with Crippen molar-refractivity contribution in [3.05, 3.63) is 24.2 Å². The monoisotopic (exact) mass is 223 g/mol. The molecule has 1 aliphatic heterocycles. The summed E-state index contributed by atoms with van der Waals surface area (Å²) in [5, 5.41) is 2.94. The molecule has 4 heteroatoms. The van der Waals surface area contributed by atoms with Crippen LogP contribution in [-0.4, -0.2) is 25.7 Å². The molecule has 1 aromatic heterocycles. The molecular weight excluding hydrogens is 206 g/mol. The molecule has 1 amide bonds. The summed E-state index contributed by atoms with van der Waals surface area (Å²) < 4.78 is 10.2. The molecule has 0 aromatic carbocycles. The van der Waals surface area contributed by atoms with Crippen molar-refractivity contribution < 1.29 is 13.9 Å². The van der Waals surface area contributed by atoms with E-state index in [0.29, 0.717) is 12.1 Å². The fourth-order valence-corrected chi connectivity index (χ4v) is 1.83. The second kappa shape index (κ2) is 4.70. The molecule has 1 saturated heterocycles. The van der Waals surface area contributed by atoms with Gasteiger partial charge in [0.2, 0.25) is 0 Å². The molecule has 1 fully saturated rings. The summed E-state index contributed by atoms with van der Waals surface area (Å²) in [4.78, 5) is 11.7. The van der Waals surface area contributed by atoms with Gasteiger partial charge in [-0.05, 0) is 24.3 Å². The van der Waals surface area contributed by atoms with Gasteiger partial charge in [0.05, 0.1) is 11.8 Å². The summed E-state index contributed by atoms with van der Waals surface area (Å²) in [6.45, 7) is 4.46. The predicted molar refractivity (Wildman–Crippen MR) is 59.2 cm³/mol. The molecular formula is C12H17NO3. The van der Waals surface area contributed by atoms with Crippen LogP contribution in [0.3, 0.4) is 0 Å². The quantitative estimate of drug-likeness (QED) is 0.850. The van der Waals surface area contributed by atoms with Crippen molar-refractivity contribution in [1.29, 1.82) is 0 Å². The average Bonchev–Trinajstić information content (AvgIpc) is 2.80. The zero-order valence-corrected chi connectivity index (χ0v) is 9.49. The molecule has 0 unspecified atom stereocenters. The van der Waals surface area contributed by atoms with E-state index in [2.05, 4.69) is 12.2 Å². The van der Waals surface area contributed by atoms with E-state index in [9.17, 15) is 4.79 Å². The summed E-state index contributed by atoms with van der Waals surface area (Å²) >= 11 is 0. The first-order valence-electron chi connectivity index (χ1n) is 5.58. The van der Waals surface area contributed by atoms with E-state index < -0.39 is 0 Å². The molecule has 2 heterocycles. The van der Waals surface area contributed by atoms with Gasteiger partial charge < -0.3 is 14.5 Å². The van der Waals surface area contributed by atoms with Crippen molar-refractivity contribution in [2.75, 3.05) is 19.8 Å². The highest BCUT2D eigenvalue weighted by atomic mass is 16.5. The van der Waals surface area contributed by atoms with Gasteiger partial charge in [0.15, 0.2) is 0 Å². The summed E-state index contributed by atoms with van der Waals surface area (Å²) in [5.41, 5.74) is 0.744. The Morgan fingerprint density at radius 3 is 2.88 bits per heavy atom. The van der Waals surface area contributed by atoms with Gasteiger partial charge in [0.25, 0.3) is 5.91 Å². The standard InChI is InChI=1S/C12H17NO3/c1-12(3-6-15-7-4-12)9-13-11(14)10-2-5-16-8-10/h2,5,8H,3-4,6-7,9H2,1H3,(H,13,14). The van der Waals surface area contributed by atoms with Crippen LogP contribution < -0.4 is 5.32 Å². The van der Waals surface area contributed by atoms with E-state index in [0.717, 1.165) is 26.1 Å². The zero-order chi connectivity index (χ0) is 11.4. The third-order valence-corrected chi connectivity index (χ3v) is 3.16. The van der Waals surface area contributed by atoms with Crippen LogP contribution in [0, 0.1) is 5.41 Å². The molecule has 88 valence electrons. The average molecular weight is 223 g/mol. The van der Waals surface area contributed by atoms with Crippen LogP contribution in [-0.2, 0) is 4.74 Å². The Kier molecular flexibility index (Phi) is 3.29. The van der Waals surface area contributed by atoms with E-state index in [1.165, 1.54) is 12.5 Å². The molecule has 0 spiro atoms. The first-order chi connectivity index (χ1) is 7.70. The first kappa shape index (κ1) is 11.2. The minimum atomic E-state index is -0.0681. The second-order valence-electron chi connectivity index (χ2n) is 4.62. The van der Waals surface area contributed by atoms with Crippen LogP contribution in [0.2, 0.25) is 0 Å². The maximum absolute atomic E-state index is 11.7. The smallest absolute Gasteiger partial charge is 0.254 e. The second-order valence-corrected chi connectivity index (χ2v) is 4.62. The van der Waals surface area contributed by atoms with Crippen molar-refractivity contribution in [1.82, 2.24) is 5.32 Å². The summed E-state index contributed by atoms with van der Waals surface area (Å²) in [7, 11) is 0. The highest BCUT2D eigenvalue weighted by Gasteiger charge is 2.27. The zero-order valence-electron chi connectivity index (χ0n) is 9.49. The molecule has 1 N–H and O–H groups in total. The van der Waals surface area contributed by atoms with Crippen LogP contribution in [0.15, 0.2) is 23.0 Å². The Bertz CT molecular complexity index is 339. The summed E-state index contributed by atoms with van der Waals surface area (Å²) in [6.07, 6.45) is 4.96. The lowest BCUT2D eigenvalue weighted by Gasteiger charge is -2.33. The molecule has 16 heavy (non-hydrogen) atoms. The Balaban J connectivity index is 1.84. The Morgan fingerprint density at radius 2 is 2.25 bits per heavy atom. The van der Waals surface area contributed by atoms with Crippen LogP contribution in [0.1, 0.15) is 30.1 Å². The van der Waals surface area contributed by atoms with Crippen LogP contribution >= 0.6 is 0 Å². The molecule has 0 radical (unpaired) electrons. The van der Waals surface area contributed by atoms with Crippen LogP contribution in [0.25, 0.3) is 0 Å². The van der Waals surface area contributed by atoms with Gasteiger partial charge in [-0.3, -0.25) is 4.79 Å². The predicted octanol–water partition coefficient (Wildman–Crippen LogP) is 1.83. The number of amides is 1. The van der Waals surface area contributed by atoms with E-state index in [1.807, 2.05) is 0 Å². The van der Waals surface area contributed by atoms with Gasteiger partial charge in [-0.25, -0.2) is 0 Å². The Labute approximate surface area is 95.0 Å². The minimum Gasteiger partial charge on any atom is -0.472 e. The van der Waals surface area contributed by atoms with Gasteiger partial charge in [-0.2, -0.15) is 0 Å². The fraction of sp³-hybridized carbons (Fsp3) is 0.583. The van der Waals surface area contributed by atoms with Crippen molar-refractivity contribution in [3.8, 4) is 0 Å². The number of carbonyl (C=O) groups is 1. The van der Waals surface area contributed by atoms with Gasteiger partial charge in [0, 0.05) is 19.8 Å². The van der Waals surface area contributed by atoms with Gasteiger partial charge in [-0.15, -0.1) is 0 Å². The van der Waals surface area contributed by atoms with E-state index in [-0.39, 0.29) is 11.3 Å². The molecule has 0 aliphatic carbocycles. The molecule has 4 nitrogen and oxygen atoms in total. The summed E-state index contributed by atoms with van der Waals surface area (Å²) in [6, 6.07) is 1.67. The molecule has 1 aliphatic rings. The molecule has 1 aromatic rings. The van der Waals surface area contributed by atoms with Crippen molar-refractivity contribution >= 4 is 5.91 Å². The lowest BCUT2D eigenvalue weighted by Crippen LogP contribution is -2.39. The fourth-order valence-electron chi connectivity index (χ4n) is 1.83. The lowest BCUT2D eigenvalue weighted by atomic mass is 9.82.